The summed E-state index contributed by atoms with van der Waals surface area (Å²) in [6.45, 7) is 1.76. The van der Waals surface area contributed by atoms with Crippen LogP contribution in [0.1, 0.15) is 21.5 Å². The van der Waals surface area contributed by atoms with Crippen molar-refractivity contribution >= 4 is 21.9 Å². The third-order valence-corrected chi connectivity index (χ3v) is 2.43. The first-order valence-corrected chi connectivity index (χ1v) is 4.68. The van der Waals surface area contributed by atoms with Gasteiger partial charge in [0.25, 0.3) is 0 Å². The number of hydrogen-bond acceptors (Lipinski definition) is 3. The molecular weight excluding hydrogens is 246 g/mol. The summed E-state index contributed by atoms with van der Waals surface area (Å²) >= 11 is 3.23. The second kappa shape index (κ2) is 4.25. The number of nitriles is 1. The molecule has 1 aromatic rings. The lowest BCUT2D eigenvalue weighted by molar-refractivity contribution is 0.0599. The Morgan fingerprint density at radius 2 is 2.21 bits per heavy atom. The van der Waals surface area contributed by atoms with Crippen molar-refractivity contribution in [2.75, 3.05) is 7.11 Å². The zero-order valence-electron chi connectivity index (χ0n) is 7.80. The van der Waals surface area contributed by atoms with Crippen LogP contribution in [-0.4, -0.2) is 13.1 Å². The molecule has 0 atom stereocenters. The minimum Gasteiger partial charge on any atom is -0.465 e. The van der Waals surface area contributed by atoms with Crippen LogP contribution >= 0.6 is 15.9 Å². The highest BCUT2D eigenvalue weighted by atomic mass is 79.9. The number of aryl methyl sites for hydroxylation is 1. The molecule has 0 saturated heterocycles. The van der Waals surface area contributed by atoms with E-state index in [1.54, 1.807) is 19.1 Å². The molecule has 0 aromatic heterocycles. The molecule has 0 aliphatic heterocycles. The van der Waals surface area contributed by atoms with Gasteiger partial charge < -0.3 is 4.74 Å². The van der Waals surface area contributed by atoms with Crippen molar-refractivity contribution in [2.24, 2.45) is 0 Å². The number of methoxy groups -OCH3 is 1. The lowest BCUT2D eigenvalue weighted by atomic mass is 10.1. The Balaban J connectivity index is 3.34. The highest BCUT2D eigenvalue weighted by molar-refractivity contribution is 9.10. The Hall–Kier alpha value is -1.34. The van der Waals surface area contributed by atoms with Crippen molar-refractivity contribution in [3.05, 3.63) is 33.3 Å². The van der Waals surface area contributed by atoms with Crippen LogP contribution in [0.25, 0.3) is 0 Å². The van der Waals surface area contributed by atoms with E-state index in [1.807, 2.05) is 6.07 Å². The van der Waals surface area contributed by atoms with E-state index in [4.69, 9.17) is 5.26 Å². The number of rotatable bonds is 1. The topological polar surface area (TPSA) is 50.1 Å². The van der Waals surface area contributed by atoms with Gasteiger partial charge in [0.1, 0.15) is 0 Å². The quantitative estimate of drug-likeness (QED) is 0.723. The summed E-state index contributed by atoms with van der Waals surface area (Å²) in [5, 5.41) is 8.69. The van der Waals surface area contributed by atoms with E-state index in [0.29, 0.717) is 15.6 Å². The molecule has 0 amide bonds. The first-order chi connectivity index (χ1) is 6.60. The molecule has 0 heterocycles. The van der Waals surface area contributed by atoms with Gasteiger partial charge in [-0.15, -0.1) is 0 Å². The van der Waals surface area contributed by atoms with Gasteiger partial charge in [-0.3, -0.25) is 0 Å². The second-order valence-corrected chi connectivity index (χ2v) is 3.61. The molecule has 0 aliphatic carbocycles. The number of ether oxygens (including phenoxy) is 1. The Morgan fingerprint density at radius 3 is 2.64 bits per heavy atom. The average molecular weight is 254 g/mol. The molecule has 1 aromatic carbocycles. The Labute approximate surface area is 90.4 Å². The molecule has 72 valence electrons. The van der Waals surface area contributed by atoms with Gasteiger partial charge >= 0.3 is 5.97 Å². The van der Waals surface area contributed by atoms with Crippen molar-refractivity contribution in [2.45, 2.75) is 6.92 Å². The van der Waals surface area contributed by atoms with Crippen molar-refractivity contribution in [1.29, 1.82) is 5.26 Å². The normalized spacial score (nSPS) is 9.29. The molecule has 14 heavy (non-hydrogen) atoms. The highest BCUT2D eigenvalue weighted by Crippen LogP contribution is 2.23. The first kappa shape index (κ1) is 10.7. The maximum absolute atomic E-state index is 11.3. The van der Waals surface area contributed by atoms with Crippen molar-refractivity contribution < 1.29 is 9.53 Å². The maximum atomic E-state index is 11.3. The summed E-state index contributed by atoms with van der Waals surface area (Å²) in [6, 6.07) is 5.26. The second-order valence-electron chi connectivity index (χ2n) is 2.75. The smallest absolute Gasteiger partial charge is 0.339 e. The van der Waals surface area contributed by atoms with Crippen LogP contribution in [0.3, 0.4) is 0 Å². The zero-order chi connectivity index (χ0) is 10.7. The Morgan fingerprint density at radius 1 is 1.57 bits per heavy atom. The van der Waals surface area contributed by atoms with E-state index < -0.39 is 5.97 Å². The van der Waals surface area contributed by atoms with Crippen LogP contribution in [-0.2, 0) is 4.74 Å². The molecule has 4 heteroatoms. The Bertz CT molecular complexity index is 398. The maximum Gasteiger partial charge on any atom is 0.339 e. The lowest BCUT2D eigenvalue weighted by Gasteiger charge is -2.06. The molecule has 1 rings (SSSR count). The molecule has 0 unspecified atom stereocenters. The zero-order valence-corrected chi connectivity index (χ0v) is 9.38. The largest absolute Gasteiger partial charge is 0.465 e. The van der Waals surface area contributed by atoms with E-state index in [-0.39, 0.29) is 0 Å². The van der Waals surface area contributed by atoms with Crippen LogP contribution in [0.5, 0.6) is 0 Å². The molecule has 0 radical (unpaired) electrons. The third-order valence-electron chi connectivity index (χ3n) is 1.81. The van der Waals surface area contributed by atoms with Crippen LogP contribution in [0.2, 0.25) is 0 Å². The van der Waals surface area contributed by atoms with E-state index in [9.17, 15) is 4.79 Å². The van der Waals surface area contributed by atoms with Crippen molar-refractivity contribution in [3.63, 3.8) is 0 Å². The average Bonchev–Trinajstić information content (AvgIpc) is 2.16. The molecular formula is C10H8BrNO2. The fourth-order valence-corrected chi connectivity index (χ4v) is 1.89. The summed E-state index contributed by atoms with van der Waals surface area (Å²) in [4.78, 5) is 11.3. The fourth-order valence-electron chi connectivity index (χ4n) is 1.17. The standard InChI is InChI=1S/C10H8BrNO2/c1-6-3-7(5-12)4-8(11)9(6)10(13)14-2/h3-4H,1-2H3. The molecule has 0 spiro atoms. The number of benzene rings is 1. The van der Waals surface area contributed by atoms with E-state index in [1.165, 1.54) is 7.11 Å². The van der Waals surface area contributed by atoms with Gasteiger partial charge in [0, 0.05) is 4.47 Å². The molecule has 0 bridgehead atoms. The molecule has 0 fully saturated rings. The number of nitrogens with zero attached hydrogens (tertiary/aromatic N) is 1. The number of hydrogen-bond donors (Lipinski definition) is 0. The van der Waals surface area contributed by atoms with Crippen molar-refractivity contribution in [3.8, 4) is 6.07 Å². The number of esters is 1. The summed E-state index contributed by atoms with van der Waals surface area (Å²) in [5.74, 6) is -0.404. The summed E-state index contributed by atoms with van der Waals surface area (Å²) in [7, 11) is 1.33. The Kier molecular flexibility index (Phi) is 3.26. The highest BCUT2D eigenvalue weighted by Gasteiger charge is 2.14. The summed E-state index contributed by atoms with van der Waals surface area (Å²) in [5.41, 5.74) is 1.70. The van der Waals surface area contributed by atoms with Gasteiger partial charge in [0.15, 0.2) is 0 Å². The van der Waals surface area contributed by atoms with E-state index in [0.717, 1.165) is 5.56 Å². The van der Waals surface area contributed by atoms with Gasteiger partial charge in [-0.1, -0.05) is 0 Å². The monoisotopic (exact) mass is 253 g/mol. The van der Waals surface area contributed by atoms with Crippen LogP contribution in [0.4, 0.5) is 0 Å². The SMILES string of the molecule is COC(=O)c1c(C)cc(C#N)cc1Br. The van der Waals surface area contributed by atoms with Crippen LogP contribution < -0.4 is 0 Å². The molecule has 3 nitrogen and oxygen atoms in total. The van der Waals surface area contributed by atoms with Gasteiger partial charge in [-0.25, -0.2) is 4.79 Å². The minimum absolute atomic E-state index is 0.404. The number of halogens is 1. The molecule has 0 aliphatic rings. The number of carbonyl (C=O) groups is 1. The van der Waals surface area contributed by atoms with E-state index >= 15 is 0 Å². The third kappa shape index (κ3) is 1.94. The van der Waals surface area contributed by atoms with E-state index in [2.05, 4.69) is 20.7 Å². The molecule has 0 saturated carbocycles. The van der Waals surface area contributed by atoms with Gasteiger partial charge in [0.2, 0.25) is 0 Å². The first-order valence-electron chi connectivity index (χ1n) is 3.88. The van der Waals surface area contributed by atoms with Gasteiger partial charge in [-0.05, 0) is 40.5 Å². The summed E-state index contributed by atoms with van der Waals surface area (Å²) in [6.07, 6.45) is 0. The van der Waals surface area contributed by atoms with Gasteiger partial charge in [0.05, 0.1) is 24.3 Å². The van der Waals surface area contributed by atoms with Crippen molar-refractivity contribution in [1.82, 2.24) is 0 Å². The molecule has 0 N–H and O–H groups in total. The summed E-state index contributed by atoms with van der Waals surface area (Å²) < 4.78 is 5.20. The van der Waals surface area contributed by atoms with Crippen LogP contribution in [0.15, 0.2) is 16.6 Å². The predicted molar refractivity (Wildman–Crippen MR) is 54.9 cm³/mol. The predicted octanol–water partition coefficient (Wildman–Crippen LogP) is 2.42. The minimum atomic E-state index is -0.404. The lowest BCUT2D eigenvalue weighted by Crippen LogP contribution is -2.05. The fraction of sp³-hybridized carbons (Fsp3) is 0.200. The van der Waals surface area contributed by atoms with Crippen LogP contribution in [0, 0.1) is 18.3 Å². The number of carbonyl (C=O) groups excluding carboxylic acids is 1. The van der Waals surface area contributed by atoms with Gasteiger partial charge in [-0.2, -0.15) is 5.26 Å².